The van der Waals surface area contributed by atoms with E-state index in [-0.39, 0.29) is 17.6 Å². The molecule has 29 heavy (non-hydrogen) atoms. The first-order chi connectivity index (χ1) is 14.1. The molecular weight excluding hydrogens is 367 g/mol. The number of amides is 1. The maximum absolute atomic E-state index is 13.1. The number of aryl methyl sites for hydroxylation is 1. The van der Waals surface area contributed by atoms with E-state index in [4.69, 9.17) is 4.98 Å². The Hall–Kier alpha value is -3.15. The van der Waals surface area contributed by atoms with Crippen LogP contribution in [0.4, 0.5) is 4.39 Å². The van der Waals surface area contributed by atoms with Crippen LogP contribution in [0.15, 0.2) is 55.0 Å². The van der Waals surface area contributed by atoms with Crippen molar-refractivity contribution >= 4 is 5.91 Å². The first kappa shape index (κ1) is 19.2. The number of halogens is 1. The fourth-order valence-corrected chi connectivity index (χ4v) is 3.84. The predicted molar refractivity (Wildman–Crippen MR) is 109 cm³/mol. The van der Waals surface area contributed by atoms with Gasteiger partial charge >= 0.3 is 0 Å². The molecule has 6 heteroatoms. The molecule has 0 spiro atoms. The second-order valence-corrected chi connectivity index (χ2v) is 7.41. The zero-order valence-corrected chi connectivity index (χ0v) is 16.4. The topological polar surface area (TPSA) is 59.0 Å². The number of hydrogen-bond acceptors (Lipinski definition) is 4. The molecular formula is C23H23FN4O. The Bertz CT molecular complexity index is 984. The number of hydrogen-bond donors (Lipinski definition) is 0. The van der Waals surface area contributed by atoms with Crippen LogP contribution in [0.3, 0.4) is 0 Å². The van der Waals surface area contributed by atoms with Crippen molar-refractivity contribution in [2.24, 2.45) is 0 Å². The third-order valence-electron chi connectivity index (χ3n) is 5.43. The van der Waals surface area contributed by atoms with Crippen molar-refractivity contribution in [2.75, 3.05) is 13.1 Å². The van der Waals surface area contributed by atoms with Gasteiger partial charge in [0.05, 0.1) is 12.1 Å². The van der Waals surface area contributed by atoms with Gasteiger partial charge in [-0.3, -0.25) is 9.78 Å². The van der Waals surface area contributed by atoms with Gasteiger partial charge in [0.1, 0.15) is 11.6 Å². The van der Waals surface area contributed by atoms with Crippen molar-refractivity contribution < 1.29 is 9.18 Å². The highest BCUT2D eigenvalue weighted by Gasteiger charge is 2.27. The summed E-state index contributed by atoms with van der Waals surface area (Å²) in [6.45, 7) is 3.30. The van der Waals surface area contributed by atoms with Crippen molar-refractivity contribution in [3.8, 4) is 11.1 Å². The molecule has 0 aliphatic carbocycles. The number of pyridine rings is 1. The van der Waals surface area contributed by atoms with E-state index in [0.717, 1.165) is 41.1 Å². The molecule has 1 aliphatic rings. The molecule has 0 atom stereocenters. The highest BCUT2D eigenvalue weighted by atomic mass is 19.1. The summed E-state index contributed by atoms with van der Waals surface area (Å²) in [5, 5.41) is 0. The summed E-state index contributed by atoms with van der Waals surface area (Å²) in [5.41, 5.74) is 3.98. The van der Waals surface area contributed by atoms with Crippen LogP contribution in [0.5, 0.6) is 0 Å². The molecule has 5 nitrogen and oxygen atoms in total. The molecule has 1 aliphatic heterocycles. The molecule has 1 fully saturated rings. The molecule has 4 rings (SSSR count). The second kappa shape index (κ2) is 8.47. The molecule has 0 unspecified atom stereocenters. The SMILES string of the molecule is Cc1ncc(-c2ccncc2)c(C2CCN(C(=O)Cc3ccc(F)cc3)CC2)n1. The maximum atomic E-state index is 13.1. The molecule has 1 amide bonds. The number of nitrogens with zero attached hydrogens (tertiary/aromatic N) is 4. The van der Waals surface area contributed by atoms with Gasteiger partial charge in [-0.15, -0.1) is 0 Å². The summed E-state index contributed by atoms with van der Waals surface area (Å²) in [5.74, 6) is 0.845. The van der Waals surface area contributed by atoms with E-state index in [9.17, 15) is 9.18 Å². The minimum Gasteiger partial charge on any atom is -0.342 e. The predicted octanol–water partition coefficient (Wildman–Crippen LogP) is 3.93. The van der Waals surface area contributed by atoms with Crippen molar-refractivity contribution in [3.63, 3.8) is 0 Å². The number of benzene rings is 1. The summed E-state index contributed by atoms with van der Waals surface area (Å²) < 4.78 is 13.1. The standard InChI is InChI=1S/C23H23FN4O/c1-16-26-15-21(18-6-10-25-11-7-18)23(27-16)19-8-12-28(13-9-19)22(29)14-17-2-4-20(24)5-3-17/h2-7,10-11,15,19H,8-9,12-14H2,1H3. The average molecular weight is 390 g/mol. The fraction of sp³-hybridized carbons (Fsp3) is 0.304. The lowest BCUT2D eigenvalue weighted by Crippen LogP contribution is -2.39. The molecule has 0 radical (unpaired) electrons. The second-order valence-electron chi connectivity index (χ2n) is 7.41. The van der Waals surface area contributed by atoms with Crippen LogP contribution in [0.25, 0.3) is 11.1 Å². The maximum Gasteiger partial charge on any atom is 0.226 e. The number of carbonyl (C=O) groups excluding carboxylic acids is 1. The summed E-state index contributed by atoms with van der Waals surface area (Å²) in [4.78, 5) is 27.8. The monoisotopic (exact) mass is 390 g/mol. The normalized spacial score (nSPS) is 14.8. The van der Waals surface area contributed by atoms with Gasteiger partial charge in [0.25, 0.3) is 0 Å². The molecule has 2 aromatic heterocycles. The Kier molecular flexibility index (Phi) is 5.60. The van der Waals surface area contributed by atoms with Crippen LogP contribution in [0.2, 0.25) is 0 Å². The third kappa shape index (κ3) is 4.47. The van der Waals surface area contributed by atoms with E-state index in [1.54, 1.807) is 24.5 Å². The van der Waals surface area contributed by atoms with Crippen LogP contribution in [0, 0.1) is 12.7 Å². The largest absolute Gasteiger partial charge is 0.342 e. The van der Waals surface area contributed by atoms with Crippen molar-refractivity contribution in [1.29, 1.82) is 0 Å². The van der Waals surface area contributed by atoms with E-state index in [2.05, 4.69) is 9.97 Å². The average Bonchev–Trinajstić information content (AvgIpc) is 2.76. The van der Waals surface area contributed by atoms with Crippen LogP contribution in [-0.4, -0.2) is 38.8 Å². The summed E-state index contributed by atoms with van der Waals surface area (Å²) in [6, 6.07) is 10.1. The molecule has 148 valence electrons. The Labute approximate surface area is 169 Å². The van der Waals surface area contributed by atoms with Crippen LogP contribution >= 0.6 is 0 Å². The fourth-order valence-electron chi connectivity index (χ4n) is 3.84. The van der Waals surface area contributed by atoms with Gasteiger partial charge in [-0.25, -0.2) is 14.4 Å². The van der Waals surface area contributed by atoms with Gasteiger partial charge in [-0.1, -0.05) is 12.1 Å². The molecule has 0 bridgehead atoms. The van der Waals surface area contributed by atoms with E-state index in [0.29, 0.717) is 19.5 Å². The van der Waals surface area contributed by atoms with Gasteiger partial charge in [-0.05, 0) is 55.2 Å². The van der Waals surface area contributed by atoms with Crippen LogP contribution in [-0.2, 0) is 11.2 Å². The van der Waals surface area contributed by atoms with Gasteiger partial charge in [-0.2, -0.15) is 0 Å². The van der Waals surface area contributed by atoms with E-state index in [1.807, 2.05) is 30.2 Å². The number of carbonyl (C=O) groups is 1. The number of likely N-dealkylation sites (tertiary alicyclic amines) is 1. The Morgan fingerprint density at radius 1 is 1.10 bits per heavy atom. The molecule has 3 heterocycles. The molecule has 1 saturated heterocycles. The number of aromatic nitrogens is 3. The zero-order valence-electron chi connectivity index (χ0n) is 16.4. The Morgan fingerprint density at radius 3 is 2.48 bits per heavy atom. The van der Waals surface area contributed by atoms with E-state index >= 15 is 0 Å². The smallest absolute Gasteiger partial charge is 0.226 e. The van der Waals surface area contributed by atoms with Crippen molar-refractivity contribution in [2.45, 2.75) is 32.1 Å². The van der Waals surface area contributed by atoms with Gasteiger partial charge in [0.15, 0.2) is 0 Å². The number of rotatable bonds is 4. The Morgan fingerprint density at radius 2 is 1.79 bits per heavy atom. The lowest BCUT2D eigenvalue weighted by molar-refractivity contribution is -0.131. The molecule has 3 aromatic rings. The van der Waals surface area contributed by atoms with Gasteiger partial charge in [0, 0.05) is 43.2 Å². The van der Waals surface area contributed by atoms with Crippen molar-refractivity contribution in [3.05, 3.63) is 77.9 Å². The lowest BCUT2D eigenvalue weighted by Gasteiger charge is -2.32. The van der Waals surface area contributed by atoms with Crippen molar-refractivity contribution in [1.82, 2.24) is 19.9 Å². The first-order valence-electron chi connectivity index (χ1n) is 9.86. The van der Waals surface area contributed by atoms with E-state index < -0.39 is 0 Å². The quantitative estimate of drug-likeness (QED) is 0.677. The highest BCUT2D eigenvalue weighted by Crippen LogP contribution is 2.33. The van der Waals surface area contributed by atoms with Gasteiger partial charge < -0.3 is 4.90 Å². The molecule has 1 aromatic carbocycles. The van der Waals surface area contributed by atoms with Crippen LogP contribution < -0.4 is 0 Å². The van der Waals surface area contributed by atoms with Gasteiger partial charge in [0.2, 0.25) is 5.91 Å². The highest BCUT2D eigenvalue weighted by molar-refractivity contribution is 5.79. The summed E-state index contributed by atoms with van der Waals surface area (Å²) in [7, 11) is 0. The Balaban J connectivity index is 1.45. The lowest BCUT2D eigenvalue weighted by atomic mass is 9.89. The number of piperidine rings is 1. The summed E-state index contributed by atoms with van der Waals surface area (Å²) >= 11 is 0. The van der Waals surface area contributed by atoms with E-state index in [1.165, 1.54) is 12.1 Å². The summed E-state index contributed by atoms with van der Waals surface area (Å²) in [6.07, 6.45) is 7.47. The zero-order chi connectivity index (χ0) is 20.2. The first-order valence-corrected chi connectivity index (χ1v) is 9.86. The minimum atomic E-state index is -0.285. The van der Waals surface area contributed by atoms with Crippen LogP contribution in [0.1, 0.15) is 35.8 Å². The third-order valence-corrected chi connectivity index (χ3v) is 5.43. The molecule has 0 N–H and O–H groups in total. The minimum absolute atomic E-state index is 0.0864. The molecule has 0 saturated carbocycles.